The highest BCUT2D eigenvalue weighted by molar-refractivity contribution is 7.91. The van der Waals surface area contributed by atoms with Gasteiger partial charge in [-0.3, -0.25) is 4.79 Å². The predicted molar refractivity (Wildman–Crippen MR) is 133 cm³/mol. The van der Waals surface area contributed by atoms with Gasteiger partial charge in [0.15, 0.2) is 9.84 Å². The summed E-state index contributed by atoms with van der Waals surface area (Å²) in [6.45, 7) is 5.39. The number of aryl methyl sites for hydroxylation is 1. The highest BCUT2D eigenvalue weighted by atomic mass is 32.2. The van der Waals surface area contributed by atoms with Crippen LogP contribution in [0.4, 0.5) is 0 Å². The summed E-state index contributed by atoms with van der Waals surface area (Å²) in [5.74, 6) is 0.793. The van der Waals surface area contributed by atoms with Crippen molar-refractivity contribution in [3.05, 3.63) is 65.2 Å². The Hall–Kier alpha value is -2.34. The van der Waals surface area contributed by atoms with Gasteiger partial charge >= 0.3 is 0 Å². The van der Waals surface area contributed by atoms with Crippen molar-refractivity contribution < 1.29 is 17.9 Å². The molecule has 1 saturated heterocycles. The molecular weight excluding hydrogens is 434 g/mol. The second-order valence-corrected chi connectivity index (χ2v) is 11.2. The Morgan fingerprint density at radius 3 is 2.21 bits per heavy atom. The van der Waals surface area contributed by atoms with E-state index in [0.717, 1.165) is 24.2 Å². The van der Waals surface area contributed by atoms with Gasteiger partial charge in [0.25, 0.3) is 5.91 Å². The second-order valence-electron chi connectivity index (χ2n) is 8.95. The minimum atomic E-state index is -3.10. The fourth-order valence-corrected chi connectivity index (χ4v) is 5.95. The lowest BCUT2D eigenvalue weighted by Crippen LogP contribution is -2.40. The quantitative estimate of drug-likeness (QED) is 0.387. The molecule has 0 aromatic heterocycles. The normalized spacial score (nSPS) is 17.1. The fraction of sp³-hybridized carbons (Fsp3) is 0.519. The van der Waals surface area contributed by atoms with Gasteiger partial charge in [-0.15, -0.1) is 0 Å². The number of sulfone groups is 1. The van der Waals surface area contributed by atoms with Crippen LogP contribution in [0.3, 0.4) is 0 Å². The molecule has 2 aromatic rings. The standard InChI is InChI=1S/C27H37NO4S/c1-3-5-6-7-8-18-32-26-15-13-24(14-16-26)27(29)28(25-17-19-33(30,31)21-25)20-23-11-9-22(4-2)10-12-23/h9-16,25H,3-8,17-21H2,1-2H3/t25-/m1/s1. The van der Waals surface area contributed by atoms with E-state index in [0.29, 0.717) is 25.1 Å². The highest BCUT2D eigenvalue weighted by Crippen LogP contribution is 2.24. The number of ether oxygens (including phenoxy) is 1. The maximum atomic E-state index is 13.4. The van der Waals surface area contributed by atoms with Crippen molar-refractivity contribution in [3.63, 3.8) is 0 Å². The van der Waals surface area contributed by atoms with Gasteiger partial charge in [0.05, 0.1) is 18.1 Å². The molecule has 3 rings (SSSR count). The summed E-state index contributed by atoms with van der Waals surface area (Å²) >= 11 is 0. The van der Waals surface area contributed by atoms with Crippen LogP contribution in [0.15, 0.2) is 48.5 Å². The van der Waals surface area contributed by atoms with Crippen LogP contribution in [0.2, 0.25) is 0 Å². The van der Waals surface area contributed by atoms with Crippen molar-refractivity contribution in [3.8, 4) is 5.75 Å². The maximum Gasteiger partial charge on any atom is 0.254 e. The van der Waals surface area contributed by atoms with Crippen molar-refractivity contribution in [2.45, 2.75) is 71.4 Å². The molecule has 1 aliphatic rings. The monoisotopic (exact) mass is 471 g/mol. The van der Waals surface area contributed by atoms with E-state index in [1.807, 2.05) is 24.3 Å². The van der Waals surface area contributed by atoms with Gasteiger partial charge in [0.1, 0.15) is 5.75 Å². The molecule has 0 bridgehead atoms. The molecule has 1 aliphatic heterocycles. The van der Waals surface area contributed by atoms with Crippen molar-refractivity contribution in [1.82, 2.24) is 4.90 Å². The number of hydrogen-bond donors (Lipinski definition) is 0. The summed E-state index contributed by atoms with van der Waals surface area (Å²) in [7, 11) is -3.10. The Bertz CT molecular complexity index is 984. The van der Waals surface area contributed by atoms with Crippen molar-refractivity contribution in [2.24, 2.45) is 0 Å². The lowest BCUT2D eigenvalue weighted by Gasteiger charge is -2.28. The summed E-state index contributed by atoms with van der Waals surface area (Å²) in [6, 6.07) is 15.1. The minimum Gasteiger partial charge on any atom is -0.494 e. The van der Waals surface area contributed by atoms with E-state index < -0.39 is 9.84 Å². The zero-order valence-electron chi connectivity index (χ0n) is 20.0. The maximum absolute atomic E-state index is 13.4. The molecular formula is C27H37NO4S. The number of nitrogens with zero attached hydrogens (tertiary/aromatic N) is 1. The number of hydrogen-bond acceptors (Lipinski definition) is 4. The first-order valence-corrected chi connectivity index (χ1v) is 14.1. The summed E-state index contributed by atoms with van der Waals surface area (Å²) in [6.07, 6.45) is 7.37. The molecule has 0 unspecified atom stereocenters. The minimum absolute atomic E-state index is 0.0327. The average molecular weight is 472 g/mol. The third kappa shape index (κ3) is 7.60. The number of carbonyl (C=O) groups excluding carboxylic acids is 1. The number of unbranched alkanes of at least 4 members (excludes halogenated alkanes) is 4. The Morgan fingerprint density at radius 1 is 0.939 bits per heavy atom. The van der Waals surface area contributed by atoms with Gasteiger partial charge in [0.2, 0.25) is 0 Å². The van der Waals surface area contributed by atoms with Crippen LogP contribution in [-0.4, -0.2) is 43.4 Å². The van der Waals surface area contributed by atoms with Gasteiger partial charge in [-0.25, -0.2) is 8.42 Å². The van der Waals surface area contributed by atoms with Gasteiger partial charge in [-0.05, 0) is 54.7 Å². The average Bonchev–Trinajstić information content (AvgIpc) is 3.19. The zero-order valence-corrected chi connectivity index (χ0v) is 20.8. The predicted octanol–water partition coefficient (Wildman–Crippen LogP) is 5.43. The van der Waals surface area contributed by atoms with Gasteiger partial charge < -0.3 is 9.64 Å². The number of benzene rings is 2. The number of carbonyl (C=O) groups is 1. The number of rotatable bonds is 12. The van der Waals surface area contributed by atoms with E-state index in [2.05, 4.69) is 26.0 Å². The molecule has 5 nitrogen and oxygen atoms in total. The van der Waals surface area contributed by atoms with Crippen LogP contribution in [0, 0.1) is 0 Å². The third-order valence-corrected chi connectivity index (χ3v) is 8.06. The first kappa shape index (κ1) is 25.3. The SMILES string of the molecule is CCCCCCCOc1ccc(C(=O)N(Cc2ccc(CC)cc2)[C@@H]2CCS(=O)(=O)C2)cc1. The van der Waals surface area contributed by atoms with E-state index in [1.165, 1.54) is 31.2 Å². The molecule has 1 heterocycles. The topological polar surface area (TPSA) is 63.7 Å². The second kappa shape index (κ2) is 12.2. The van der Waals surface area contributed by atoms with Crippen LogP contribution >= 0.6 is 0 Å². The molecule has 0 aliphatic carbocycles. The van der Waals surface area contributed by atoms with Crippen LogP contribution in [0.25, 0.3) is 0 Å². The van der Waals surface area contributed by atoms with Gasteiger partial charge in [0, 0.05) is 18.2 Å². The highest BCUT2D eigenvalue weighted by Gasteiger charge is 2.35. The van der Waals surface area contributed by atoms with Gasteiger partial charge in [-0.2, -0.15) is 0 Å². The molecule has 1 amide bonds. The summed E-state index contributed by atoms with van der Waals surface area (Å²) in [4.78, 5) is 15.2. The third-order valence-electron chi connectivity index (χ3n) is 6.31. The Kier molecular flexibility index (Phi) is 9.36. The van der Waals surface area contributed by atoms with E-state index in [4.69, 9.17) is 4.74 Å². The summed E-state index contributed by atoms with van der Waals surface area (Å²) < 4.78 is 30.0. The molecule has 2 aromatic carbocycles. The fourth-order valence-electron chi connectivity index (χ4n) is 4.22. The lowest BCUT2D eigenvalue weighted by atomic mass is 10.1. The Labute approximate surface area is 199 Å². The summed E-state index contributed by atoms with van der Waals surface area (Å²) in [5, 5.41) is 0. The molecule has 0 saturated carbocycles. The first-order chi connectivity index (χ1) is 15.9. The lowest BCUT2D eigenvalue weighted by molar-refractivity contribution is 0.0681. The molecule has 6 heteroatoms. The molecule has 0 spiro atoms. The smallest absolute Gasteiger partial charge is 0.254 e. The van der Waals surface area contributed by atoms with Crippen molar-refractivity contribution >= 4 is 15.7 Å². The van der Waals surface area contributed by atoms with Crippen molar-refractivity contribution in [2.75, 3.05) is 18.1 Å². The first-order valence-electron chi connectivity index (χ1n) is 12.2. The number of amides is 1. The largest absolute Gasteiger partial charge is 0.494 e. The van der Waals surface area contributed by atoms with Gasteiger partial charge in [-0.1, -0.05) is 63.8 Å². The molecule has 33 heavy (non-hydrogen) atoms. The Morgan fingerprint density at radius 2 is 1.61 bits per heavy atom. The van der Waals surface area contributed by atoms with E-state index in [-0.39, 0.29) is 23.5 Å². The molecule has 180 valence electrons. The van der Waals surface area contributed by atoms with Crippen LogP contribution in [-0.2, 0) is 22.8 Å². The summed E-state index contributed by atoms with van der Waals surface area (Å²) in [5.41, 5.74) is 2.80. The van der Waals surface area contributed by atoms with E-state index in [1.54, 1.807) is 17.0 Å². The van der Waals surface area contributed by atoms with Crippen LogP contribution in [0.5, 0.6) is 5.75 Å². The molecule has 0 radical (unpaired) electrons. The molecule has 1 fully saturated rings. The van der Waals surface area contributed by atoms with Crippen LogP contribution in [0.1, 0.15) is 73.9 Å². The van der Waals surface area contributed by atoms with Crippen molar-refractivity contribution in [1.29, 1.82) is 0 Å². The molecule has 1 atom stereocenters. The van der Waals surface area contributed by atoms with Crippen LogP contribution < -0.4 is 4.74 Å². The zero-order chi connectivity index (χ0) is 23.7. The molecule has 0 N–H and O–H groups in total. The Balaban J connectivity index is 1.67. The van der Waals surface area contributed by atoms with E-state index in [9.17, 15) is 13.2 Å². The van der Waals surface area contributed by atoms with E-state index >= 15 is 0 Å².